The van der Waals surface area contributed by atoms with Crippen LogP contribution in [0.5, 0.6) is 5.75 Å². The van der Waals surface area contributed by atoms with E-state index in [0.29, 0.717) is 25.4 Å². The molecule has 0 bridgehead atoms. The summed E-state index contributed by atoms with van der Waals surface area (Å²) in [4.78, 5) is 25.6. The number of halogens is 2. The number of nitrogens with two attached hydrogens (primary N) is 1. The number of hydrogen-bond acceptors (Lipinski definition) is 6. The van der Waals surface area contributed by atoms with Crippen LogP contribution in [0.1, 0.15) is 6.92 Å². The zero-order valence-electron chi connectivity index (χ0n) is 14.3. The molecular formula is C16H22F2N4O4. The fourth-order valence-electron chi connectivity index (χ4n) is 2.52. The van der Waals surface area contributed by atoms with Crippen molar-refractivity contribution in [3.05, 3.63) is 18.2 Å². The maximum atomic E-state index is 12.8. The van der Waals surface area contributed by atoms with E-state index in [1.807, 2.05) is 6.92 Å². The lowest BCUT2D eigenvalue weighted by Gasteiger charge is -2.27. The normalized spacial score (nSPS) is 15.9. The van der Waals surface area contributed by atoms with Gasteiger partial charge in [-0.15, -0.1) is 0 Å². The van der Waals surface area contributed by atoms with Crippen molar-refractivity contribution in [1.29, 1.82) is 0 Å². The molecule has 4 N–H and O–H groups in total. The molecule has 1 aliphatic heterocycles. The first kappa shape index (κ1) is 20.0. The van der Waals surface area contributed by atoms with Crippen LogP contribution >= 0.6 is 0 Å². The number of anilines is 2. The largest absolute Gasteiger partial charge is 0.433 e. The van der Waals surface area contributed by atoms with Crippen molar-refractivity contribution in [2.24, 2.45) is 5.73 Å². The van der Waals surface area contributed by atoms with E-state index in [1.165, 1.54) is 17.0 Å². The Morgan fingerprint density at radius 3 is 2.85 bits per heavy atom. The quantitative estimate of drug-likeness (QED) is 0.615. The minimum absolute atomic E-state index is 0.0467. The predicted octanol–water partition coefficient (Wildman–Crippen LogP) is 0.526. The van der Waals surface area contributed by atoms with Gasteiger partial charge in [0.25, 0.3) is 5.91 Å². The molecule has 0 aromatic heterocycles. The van der Waals surface area contributed by atoms with Gasteiger partial charge in [0.2, 0.25) is 5.91 Å². The van der Waals surface area contributed by atoms with E-state index in [1.54, 1.807) is 6.07 Å². The Bertz CT molecular complexity index is 645. The Balaban J connectivity index is 2.25. The Hall–Kier alpha value is -2.30. The van der Waals surface area contributed by atoms with E-state index in [2.05, 4.69) is 15.4 Å². The molecule has 1 heterocycles. The summed E-state index contributed by atoms with van der Waals surface area (Å²) in [7, 11) is 0. The van der Waals surface area contributed by atoms with Crippen LogP contribution < -0.4 is 26.0 Å². The van der Waals surface area contributed by atoms with Gasteiger partial charge in [0.15, 0.2) is 5.75 Å². The highest BCUT2D eigenvalue weighted by molar-refractivity contribution is 5.98. The Labute approximate surface area is 149 Å². The monoisotopic (exact) mass is 372 g/mol. The third-order valence-corrected chi connectivity index (χ3v) is 3.74. The number of morpholine rings is 1. The van der Waals surface area contributed by atoms with Crippen molar-refractivity contribution in [3.63, 3.8) is 0 Å². The maximum absolute atomic E-state index is 12.8. The van der Waals surface area contributed by atoms with Crippen LogP contribution in [-0.4, -0.2) is 57.3 Å². The number of amides is 2. The van der Waals surface area contributed by atoms with Crippen LogP contribution in [0.2, 0.25) is 0 Å². The number of likely N-dealkylation sites (N-methyl/N-ethyl adjacent to an activating group) is 1. The van der Waals surface area contributed by atoms with Gasteiger partial charge >= 0.3 is 6.61 Å². The molecule has 0 spiro atoms. The predicted molar refractivity (Wildman–Crippen MR) is 91.4 cm³/mol. The van der Waals surface area contributed by atoms with Gasteiger partial charge in [0.1, 0.15) is 6.61 Å². The van der Waals surface area contributed by atoms with Gasteiger partial charge in [-0.25, -0.2) is 0 Å². The lowest BCUT2D eigenvalue weighted by atomic mass is 10.2. The van der Waals surface area contributed by atoms with Crippen LogP contribution in [0, 0.1) is 0 Å². The SMILES string of the molecule is CCN[C@@H](CN)C(=O)Nc1ccc(N2CCOCC2=O)cc1OC(F)F. The van der Waals surface area contributed by atoms with E-state index in [9.17, 15) is 18.4 Å². The Kier molecular flexibility index (Phi) is 7.25. The molecule has 1 aromatic rings. The lowest BCUT2D eigenvalue weighted by Crippen LogP contribution is -2.45. The number of hydrogen-bond donors (Lipinski definition) is 3. The second kappa shape index (κ2) is 9.41. The third kappa shape index (κ3) is 5.10. The van der Waals surface area contributed by atoms with Crippen LogP contribution in [0.4, 0.5) is 20.2 Å². The standard InChI is InChI=1S/C16H22F2N4O4/c1-2-20-12(8-19)15(24)21-11-4-3-10(7-13(11)26-16(17)18)22-5-6-25-9-14(22)23/h3-4,7,12,16,20H,2,5-6,8-9,19H2,1H3,(H,21,24)/t12-/m0/s1. The summed E-state index contributed by atoms with van der Waals surface area (Å²) in [6, 6.07) is 3.57. The third-order valence-electron chi connectivity index (χ3n) is 3.74. The average molecular weight is 372 g/mol. The van der Waals surface area contributed by atoms with Crippen LogP contribution in [-0.2, 0) is 14.3 Å². The van der Waals surface area contributed by atoms with E-state index >= 15 is 0 Å². The summed E-state index contributed by atoms with van der Waals surface area (Å²) in [6.07, 6.45) is 0. The van der Waals surface area contributed by atoms with Crippen molar-refractivity contribution >= 4 is 23.2 Å². The summed E-state index contributed by atoms with van der Waals surface area (Å²) in [5.74, 6) is -0.993. The summed E-state index contributed by atoms with van der Waals surface area (Å²) in [5.41, 5.74) is 5.99. The number of carbonyl (C=O) groups is 2. The Morgan fingerprint density at radius 1 is 1.46 bits per heavy atom. The van der Waals surface area contributed by atoms with Gasteiger partial charge in [-0.05, 0) is 18.7 Å². The summed E-state index contributed by atoms with van der Waals surface area (Å²) < 4.78 is 35.1. The second-order valence-electron chi connectivity index (χ2n) is 5.49. The van der Waals surface area contributed by atoms with E-state index in [-0.39, 0.29) is 30.5 Å². The average Bonchev–Trinajstić information content (AvgIpc) is 2.61. The minimum Gasteiger partial charge on any atom is -0.433 e. The van der Waals surface area contributed by atoms with Gasteiger partial charge in [-0.1, -0.05) is 6.92 Å². The summed E-state index contributed by atoms with van der Waals surface area (Å²) in [5, 5.41) is 5.41. The van der Waals surface area contributed by atoms with Crippen molar-refractivity contribution < 1.29 is 27.8 Å². The van der Waals surface area contributed by atoms with Crippen molar-refractivity contribution in [2.45, 2.75) is 19.6 Å². The molecule has 26 heavy (non-hydrogen) atoms. The number of nitrogens with zero attached hydrogens (tertiary/aromatic N) is 1. The number of benzene rings is 1. The molecule has 0 aliphatic carbocycles. The number of alkyl halides is 2. The molecule has 1 fully saturated rings. The second-order valence-corrected chi connectivity index (χ2v) is 5.49. The molecule has 1 atom stereocenters. The number of nitrogens with one attached hydrogen (secondary N) is 2. The van der Waals surface area contributed by atoms with Gasteiger partial charge < -0.3 is 30.7 Å². The minimum atomic E-state index is -3.08. The highest BCUT2D eigenvalue weighted by atomic mass is 19.3. The van der Waals surface area contributed by atoms with Gasteiger partial charge in [-0.3, -0.25) is 9.59 Å². The van der Waals surface area contributed by atoms with Crippen LogP contribution in [0.25, 0.3) is 0 Å². The summed E-state index contributed by atoms with van der Waals surface area (Å²) >= 11 is 0. The molecule has 1 saturated heterocycles. The van der Waals surface area contributed by atoms with E-state index in [4.69, 9.17) is 10.5 Å². The topological polar surface area (TPSA) is 106 Å². The fraction of sp³-hybridized carbons (Fsp3) is 0.500. The molecule has 1 aliphatic rings. The molecule has 144 valence electrons. The zero-order valence-corrected chi connectivity index (χ0v) is 14.3. The molecular weight excluding hydrogens is 350 g/mol. The zero-order chi connectivity index (χ0) is 19.1. The maximum Gasteiger partial charge on any atom is 0.387 e. The first-order valence-corrected chi connectivity index (χ1v) is 8.17. The smallest absolute Gasteiger partial charge is 0.387 e. The molecule has 1 aromatic carbocycles. The highest BCUT2D eigenvalue weighted by Gasteiger charge is 2.23. The van der Waals surface area contributed by atoms with E-state index < -0.39 is 18.6 Å². The first-order chi connectivity index (χ1) is 12.5. The number of ether oxygens (including phenoxy) is 2. The molecule has 0 saturated carbocycles. The first-order valence-electron chi connectivity index (χ1n) is 8.17. The molecule has 8 nitrogen and oxygen atoms in total. The lowest BCUT2D eigenvalue weighted by molar-refractivity contribution is -0.125. The van der Waals surface area contributed by atoms with E-state index in [0.717, 1.165) is 0 Å². The number of carbonyl (C=O) groups excluding carboxylic acids is 2. The van der Waals surface area contributed by atoms with Crippen molar-refractivity contribution in [1.82, 2.24) is 5.32 Å². The molecule has 0 unspecified atom stereocenters. The summed E-state index contributed by atoms with van der Waals surface area (Å²) in [6.45, 7) is -0.135. The highest BCUT2D eigenvalue weighted by Crippen LogP contribution is 2.32. The van der Waals surface area contributed by atoms with Crippen LogP contribution in [0.3, 0.4) is 0 Å². The van der Waals surface area contributed by atoms with Gasteiger partial charge in [0, 0.05) is 24.8 Å². The molecule has 2 rings (SSSR count). The molecule has 10 heteroatoms. The fourth-order valence-corrected chi connectivity index (χ4v) is 2.52. The van der Waals surface area contributed by atoms with Gasteiger partial charge in [0.05, 0.1) is 18.3 Å². The van der Waals surface area contributed by atoms with Crippen LogP contribution in [0.15, 0.2) is 18.2 Å². The Morgan fingerprint density at radius 2 is 2.23 bits per heavy atom. The van der Waals surface area contributed by atoms with Crippen molar-refractivity contribution in [3.8, 4) is 5.75 Å². The van der Waals surface area contributed by atoms with Crippen molar-refractivity contribution in [2.75, 3.05) is 43.1 Å². The molecule has 2 amide bonds. The molecule has 0 radical (unpaired) electrons. The number of rotatable bonds is 8. The van der Waals surface area contributed by atoms with Gasteiger partial charge in [-0.2, -0.15) is 8.78 Å².